The number of aromatic nitrogens is 3. The number of fused-ring (bicyclic) bond motifs is 1. The van der Waals surface area contributed by atoms with Gasteiger partial charge in [0.25, 0.3) is 5.91 Å². The molecule has 0 fully saturated rings. The van der Waals surface area contributed by atoms with Crippen LogP contribution in [0.1, 0.15) is 36.1 Å². The number of carbonyl (C=O) groups excluding carboxylic acids is 1. The summed E-state index contributed by atoms with van der Waals surface area (Å²) >= 11 is 4.77. The second-order valence-corrected chi connectivity index (χ2v) is 8.35. The number of hydrogen-bond donors (Lipinski definition) is 1. The molecule has 0 aliphatic heterocycles. The van der Waals surface area contributed by atoms with E-state index in [-0.39, 0.29) is 11.3 Å². The molecule has 23 heavy (non-hydrogen) atoms. The molecule has 0 bridgehead atoms. The Kier molecular flexibility index (Phi) is 4.01. The van der Waals surface area contributed by atoms with E-state index in [0.717, 1.165) is 20.4 Å². The number of nitrogens with one attached hydrogen (secondary N) is 1. The summed E-state index contributed by atoms with van der Waals surface area (Å²) < 4.78 is 2.59. The van der Waals surface area contributed by atoms with Crippen LogP contribution >= 0.6 is 27.3 Å². The summed E-state index contributed by atoms with van der Waals surface area (Å²) in [5.41, 5.74) is 0.881. The van der Waals surface area contributed by atoms with Crippen LogP contribution < -0.4 is 5.32 Å². The third-order valence-corrected chi connectivity index (χ3v) is 4.94. The Morgan fingerprint density at radius 2 is 2.04 bits per heavy atom. The summed E-state index contributed by atoms with van der Waals surface area (Å²) in [5.74, 6) is 0.541. The van der Waals surface area contributed by atoms with E-state index in [9.17, 15) is 4.79 Å². The second kappa shape index (κ2) is 5.72. The van der Waals surface area contributed by atoms with Crippen molar-refractivity contribution in [2.75, 3.05) is 5.32 Å². The third-order valence-electron chi connectivity index (χ3n) is 3.45. The lowest BCUT2D eigenvalue weighted by Crippen LogP contribution is -2.13. The summed E-state index contributed by atoms with van der Waals surface area (Å²) in [6.07, 6.45) is 1.73. The van der Waals surface area contributed by atoms with Gasteiger partial charge in [0.2, 0.25) is 0 Å². The quantitative estimate of drug-likeness (QED) is 0.705. The lowest BCUT2D eigenvalue weighted by molar-refractivity contribution is 0.102. The molecule has 7 heteroatoms. The van der Waals surface area contributed by atoms with Crippen molar-refractivity contribution < 1.29 is 4.79 Å². The highest BCUT2D eigenvalue weighted by Gasteiger charge is 2.20. The maximum atomic E-state index is 12.5. The molecule has 120 valence electrons. The molecule has 5 nitrogen and oxygen atoms in total. The monoisotopic (exact) mass is 392 g/mol. The maximum Gasteiger partial charge on any atom is 0.266 e. The van der Waals surface area contributed by atoms with Crippen molar-refractivity contribution in [3.8, 4) is 0 Å². The Bertz CT molecular complexity index is 891. The van der Waals surface area contributed by atoms with E-state index < -0.39 is 0 Å². The normalized spacial score (nSPS) is 11.9. The van der Waals surface area contributed by atoms with Crippen LogP contribution in [0.25, 0.3) is 10.2 Å². The Labute approximate surface area is 146 Å². The van der Waals surface area contributed by atoms with Gasteiger partial charge in [-0.2, -0.15) is 5.10 Å². The topological polar surface area (TPSA) is 59.8 Å². The predicted molar refractivity (Wildman–Crippen MR) is 97.2 cm³/mol. The number of anilines is 1. The molecule has 0 aliphatic rings. The number of amides is 1. The Morgan fingerprint density at radius 3 is 2.70 bits per heavy atom. The van der Waals surface area contributed by atoms with Gasteiger partial charge in [0.05, 0.1) is 10.6 Å². The average Bonchev–Trinajstić information content (AvgIpc) is 3.02. The highest BCUT2D eigenvalue weighted by Crippen LogP contribution is 2.28. The SMILES string of the molecule is Cn1nc(C(C)(C)C)cc1NC(=O)c1cc2cc(Br)cnc2s1. The molecule has 0 aliphatic carbocycles. The maximum absolute atomic E-state index is 12.5. The Hall–Kier alpha value is -1.73. The van der Waals surface area contributed by atoms with Crippen molar-refractivity contribution in [3.63, 3.8) is 0 Å². The van der Waals surface area contributed by atoms with Crippen molar-refractivity contribution in [3.05, 3.63) is 39.4 Å². The molecule has 0 radical (unpaired) electrons. The van der Waals surface area contributed by atoms with E-state index in [0.29, 0.717) is 10.7 Å². The van der Waals surface area contributed by atoms with E-state index >= 15 is 0 Å². The molecule has 0 atom stereocenters. The van der Waals surface area contributed by atoms with Gasteiger partial charge in [-0.25, -0.2) is 4.98 Å². The minimum absolute atomic E-state index is 0.0610. The standard InChI is InChI=1S/C16H17BrN4OS/c1-16(2,3)12-7-13(21(4)20-12)19-14(22)11-6-9-5-10(17)8-18-15(9)23-11/h5-8H,1-4H3,(H,19,22). The molecule has 0 unspecified atom stereocenters. The first-order chi connectivity index (χ1) is 10.7. The molecule has 3 heterocycles. The van der Waals surface area contributed by atoms with Crippen LogP contribution in [0, 0.1) is 0 Å². The molecule has 3 rings (SSSR count). The van der Waals surface area contributed by atoms with Crippen LogP contribution in [0.3, 0.4) is 0 Å². The first kappa shape index (κ1) is 16.1. The number of thiophene rings is 1. The van der Waals surface area contributed by atoms with Crippen molar-refractivity contribution in [1.82, 2.24) is 14.8 Å². The van der Waals surface area contributed by atoms with Crippen LogP contribution in [0.4, 0.5) is 5.82 Å². The van der Waals surface area contributed by atoms with Gasteiger partial charge in [-0.15, -0.1) is 11.3 Å². The number of aryl methyl sites for hydroxylation is 1. The number of rotatable bonds is 2. The fourth-order valence-electron chi connectivity index (χ4n) is 2.15. The van der Waals surface area contributed by atoms with Gasteiger partial charge in [-0.1, -0.05) is 20.8 Å². The summed E-state index contributed by atoms with van der Waals surface area (Å²) in [7, 11) is 1.83. The van der Waals surface area contributed by atoms with Crippen LogP contribution in [0.5, 0.6) is 0 Å². The highest BCUT2D eigenvalue weighted by atomic mass is 79.9. The largest absolute Gasteiger partial charge is 0.306 e. The first-order valence-electron chi connectivity index (χ1n) is 7.15. The average molecular weight is 393 g/mol. The van der Waals surface area contributed by atoms with Crippen molar-refractivity contribution >= 4 is 49.2 Å². The predicted octanol–water partition coefficient (Wildman–Crippen LogP) is 4.34. The minimum atomic E-state index is -0.146. The number of hydrogen-bond acceptors (Lipinski definition) is 4. The highest BCUT2D eigenvalue weighted by molar-refractivity contribution is 9.10. The van der Waals surface area contributed by atoms with Crippen LogP contribution in [-0.2, 0) is 12.5 Å². The Balaban J connectivity index is 1.87. The molecule has 3 aromatic rings. The lowest BCUT2D eigenvalue weighted by Gasteiger charge is -2.13. The minimum Gasteiger partial charge on any atom is -0.306 e. The van der Waals surface area contributed by atoms with E-state index in [4.69, 9.17) is 0 Å². The fourth-order valence-corrected chi connectivity index (χ4v) is 3.37. The molecule has 3 aromatic heterocycles. The number of pyridine rings is 1. The van der Waals surface area contributed by atoms with E-state index in [1.54, 1.807) is 10.9 Å². The van der Waals surface area contributed by atoms with E-state index in [2.05, 4.69) is 52.1 Å². The molecular weight excluding hydrogens is 376 g/mol. The van der Waals surface area contributed by atoms with Gasteiger partial charge in [0, 0.05) is 34.6 Å². The first-order valence-corrected chi connectivity index (χ1v) is 8.76. The van der Waals surface area contributed by atoms with Gasteiger partial charge in [0.1, 0.15) is 10.6 Å². The third kappa shape index (κ3) is 3.30. The van der Waals surface area contributed by atoms with Gasteiger partial charge in [0.15, 0.2) is 0 Å². The zero-order valence-corrected chi connectivity index (χ0v) is 15.7. The molecule has 0 saturated heterocycles. The lowest BCUT2D eigenvalue weighted by atomic mass is 9.92. The molecule has 0 aromatic carbocycles. The summed E-state index contributed by atoms with van der Waals surface area (Å²) in [4.78, 5) is 18.3. The zero-order chi connectivity index (χ0) is 16.8. The van der Waals surface area contributed by atoms with Gasteiger partial charge >= 0.3 is 0 Å². The van der Waals surface area contributed by atoms with Crippen molar-refractivity contribution in [2.24, 2.45) is 7.05 Å². The van der Waals surface area contributed by atoms with Crippen molar-refractivity contribution in [1.29, 1.82) is 0 Å². The molecular formula is C16H17BrN4OS. The number of halogens is 1. The van der Waals surface area contributed by atoms with Gasteiger partial charge < -0.3 is 5.32 Å². The molecule has 0 spiro atoms. The zero-order valence-electron chi connectivity index (χ0n) is 13.3. The van der Waals surface area contributed by atoms with Crippen LogP contribution in [0.15, 0.2) is 28.9 Å². The van der Waals surface area contributed by atoms with Crippen LogP contribution in [-0.4, -0.2) is 20.7 Å². The molecule has 1 N–H and O–H groups in total. The summed E-state index contributed by atoms with van der Waals surface area (Å²) in [5, 5.41) is 8.35. The molecule has 1 amide bonds. The van der Waals surface area contributed by atoms with Crippen LogP contribution in [0.2, 0.25) is 0 Å². The fraction of sp³-hybridized carbons (Fsp3) is 0.312. The summed E-state index contributed by atoms with van der Waals surface area (Å²) in [6, 6.07) is 5.73. The van der Waals surface area contributed by atoms with Gasteiger partial charge in [-0.05, 0) is 28.1 Å². The number of carbonyl (C=O) groups is 1. The van der Waals surface area contributed by atoms with Gasteiger partial charge in [-0.3, -0.25) is 9.48 Å². The van der Waals surface area contributed by atoms with E-state index in [1.807, 2.05) is 25.2 Å². The summed E-state index contributed by atoms with van der Waals surface area (Å²) in [6.45, 7) is 6.28. The molecule has 0 saturated carbocycles. The smallest absolute Gasteiger partial charge is 0.266 e. The van der Waals surface area contributed by atoms with E-state index in [1.165, 1.54) is 11.3 Å². The number of nitrogens with zero attached hydrogens (tertiary/aromatic N) is 3. The Morgan fingerprint density at radius 1 is 1.30 bits per heavy atom. The second-order valence-electron chi connectivity index (χ2n) is 6.40. The van der Waals surface area contributed by atoms with Crippen molar-refractivity contribution in [2.45, 2.75) is 26.2 Å².